The highest BCUT2D eigenvalue weighted by Gasteiger charge is 2.27. The van der Waals surface area contributed by atoms with E-state index in [1.165, 1.54) is 6.92 Å². The third kappa shape index (κ3) is 3.43. The van der Waals surface area contributed by atoms with Crippen LogP contribution in [0, 0.1) is 0 Å². The van der Waals surface area contributed by atoms with Gasteiger partial charge < -0.3 is 16.0 Å². The number of nitrogens with one attached hydrogen (secondary N) is 3. The van der Waals surface area contributed by atoms with Crippen molar-refractivity contribution in [3.8, 4) is 0 Å². The van der Waals surface area contributed by atoms with Crippen molar-refractivity contribution in [3.05, 3.63) is 54.1 Å². The lowest BCUT2D eigenvalue weighted by Gasteiger charge is -2.26. The number of anilines is 3. The standard InChI is InChI=1S/C18H17N3O3/c1-11(22)12-6-8-13(9-7-12)19-17(23)10-16-18(24)21-15-5-3-2-4-14(15)20-16/h2-9,16,20H,10H2,1H3,(H,19,23)(H,21,24). The first kappa shape index (κ1) is 15.7. The molecule has 0 saturated heterocycles. The Hall–Kier alpha value is -3.15. The lowest BCUT2D eigenvalue weighted by atomic mass is 10.1. The Kier molecular flexibility index (Phi) is 4.29. The van der Waals surface area contributed by atoms with Gasteiger partial charge in [-0.2, -0.15) is 0 Å². The molecular formula is C18H17N3O3. The van der Waals surface area contributed by atoms with E-state index in [1.54, 1.807) is 30.3 Å². The molecule has 0 radical (unpaired) electrons. The molecule has 6 nitrogen and oxygen atoms in total. The van der Waals surface area contributed by atoms with Gasteiger partial charge in [0.1, 0.15) is 6.04 Å². The van der Waals surface area contributed by atoms with E-state index < -0.39 is 6.04 Å². The molecular weight excluding hydrogens is 306 g/mol. The van der Waals surface area contributed by atoms with E-state index in [-0.39, 0.29) is 24.0 Å². The summed E-state index contributed by atoms with van der Waals surface area (Å²) < 4.78 is 0. The topological polar surface area (TPSA) is 87.3 Å². The van der Waals surface area contributed by atoms with Gasteiger partial charge in [-0.3, -0.25) is 14.4 Å². The van der Waals surface area contributed by atoms with Crippen LogP contribution in [0.3, 0.4) is 0 Å². The number of carbonyl (C=O) groups excluding carboxylic acids is 3. The average Bonchev–Trinajstić information content (AvgIpc) is 2.56. The van der Waals surface area contributed by atoms with Crippen LogP contribution in [0.2, 0.25) is 0 Å². The minimum atomic E-state index is -0.628. The zero-order valence-corrected chi connectivity index (χ0v) is 13.1. The van der Waals surface area contributed by atoms with Crippen molar-refractivity contribution < 1.29 is 14.4 Å². The summed E-state index contributed by atoms with van der Waals surface area (Å²) in [6.07, 6.45) is 0.00856. The van der Waals surface area contributed by atoms with Crippen molar-refractivity contribution in [2.45, 2.75) is 19.4 Å². The predicted octanol–water partition coefficient (Wildman–Crippen LogP) is 2.65. The van der Waals surface area contributed by atoms with E-state index >= 15 is 0 Å². The van der Waals surface area contributed by atoms with E-state index in [2.05, 4.69) is 16.0 Å². The minimum absolute atomic E-state index is 0.00856. The molecule has 1 aliphatic heterocycles. The van der Waals surface area contributed by atoms with Gasteiger partial charge in [-0.25, -0.2) is 0 Å². The van der Waals surface area contributed by atoms with Crippen LogP contribution in [-0.4, -0.2) is 23.6 Å². The van der Waals surface area contributed by atoms with Crippen LogP contribution < -0.4 is 16.0 Å². The summed E-state index contributed by atoms with van der Waals surface area (Å²) >= 11 is 0. The molecule has 1 aliphatic rings. The number of para-hydroxylation sites is 2. The molecule has 3 N–H and O–H groups in total. The number of hydrogen-bond donors (Lipinski definition) is 3. The van der Waals surface area contributed by atoms with Gasteiger partial charge in [-0.05, 0) is 43.3 Å². The van der Waals surface area contributed by atoms with Crippen molar-refractivity contribution in [1.29, 1.82) is 0 Å². The molecule has 0 fully saturated rings. The van der Waals surface area contributed by atoms with Gasteiger partial charge in [-0.1, -0.05) is 12.1 Å². The second kappa shape index (κ2) is 6.54. The summed E-state index contributed by atoms with van der Waals surface area (Å²) in [5, 5.41) is 8.58. The maximum absolute atomic E-state index is 12.2. The quantitative estimate of drug-likeness (QED) is 0.755. The highest BCUT2D eigenvalue weighted by Crippen LogP contribution is 2.26. The molecule has 0 spiro atoms. The summed E-state index contributed by atoms with van der Waals surface area (Å²) in [5.74, 6) is -0.553. The van der Waals surface area contributed by atoms with Crippen molar-refractivity contribution in [2.24, 2.45) is 0 Å². The first-order chi connectivity index (χ1) is 11.5. The highest BCUT2D eigenvalue weighted by molar-refractivity contribution is 6.06. The van der Waals surface area contributed by atoms with Gasteiger partial charge >= 0.3 is 0 Å². The number of carbonyl (C=O) groups is 3. The summed E-state index contributed by atoms with van der Waals surface area (Å²) in [5.41, 5.74) is 2.67. The smallest absolute Gasteiger partial charge is 0.247 e. The molecule has 2 aromatic rings. The fourth-order valence-electron chi connectivity index (χ4n) is 2.52. The second-order valence-corrected chi connectivity index (χ2v) is 5.62. The van der Waals surface area contributed by atoms with Crippen LogP contribution in [0.4, 0.5) is 17.1 Å². The summed E-state index contributed by atoms with van der Waals surface area (Å²) in [7, 11) is 0. The van der Waals surface area contributed by atoms with E-state index in [9.17, 15) is 14.4 Å². The highest BCUT2D eigenvalue weighted by atomic mass is 16.2. The minimum Gasteiger partial charge on any atom is -0.372 e. The molecule has 0 saturated carbocycles. The van der Waals surface area contributed by atoms with Crippen LogP contribution >= 0.6 is 0 Å². The SMILES string of the molecule is CC(=O)c1ccc(NC(=O)CC2Nc3ccccc3NC2=O)cc1. The van der Waals surface area contributed by atoms with Gasteiger partial charge in [0.05, 0.1) is 17.8 Å². The predicted molar refractivity (Wildman–Crippen MR) is 92.2 cm³/mol. The number of amides is 2. The number of benzene rings is 2. The second-order valence-electron chi connectivity index (χ2n) is 5.62. The summed E-state index contributed by atoms with van der Waals surface area (Å²) in [4.78, 5) is 35.5. The maximum atomic E-state index is 12.2. The van der Waals surface area contributed by atoms with Crippen LogP contribution in [0.25, 0.3) is 0 Å². The van der Waals surface area contributed by atoms with E-state index in [4.69, 9.17) is 0 Å². The largest absolute Gasteiger partial charge is 0.372 e. The molecule has 6 heteroatoms. The molecule has 24 heavy (non-hydrogen) atoms. The number of ketones is 1. The maximum Gasteiger partial charge on any atom is 0.247 e. The first-order valence-corrected chi connectivity index (χ1v) is 7.60. The van der Waals surface area contributed by atoms with Crippen molar-refractivity contribution in [1.82, 2.24) is 0 Å². The van der Waals surface area contributed by atoms with E-state index in [1.807, 2.05) is 18.2 Å². The Bertz CT molecular complexity index is 799. The Balaban J connectivity index is 1.63. The molecule has 1 heterocycles. The number of rotatable bonds is 4. The lowest BCUT2D eigenvalue weighted by Crippen LogP contribution is -2.41. The third-order valence-corrected chi connectivity index (χ3v) is 3.80. The zero-order valence-electron chi connectivity index (χ0n) is 13.1. The average molecular weight is 323 g/mol. The molecule has 1 atom stereocenters. The molecule has 122 valence electrons. The summed E-state index contributed by atoms with van der Waals surface area (Å²) in [6, 6.07) is 13.3. The summed E-state index contributed by atoms with van der Waals surface area (Å²) in [6.45, 7) is 1.48. The van der Waals surface area contributed by atoms with Gasteiger partial charge in [0.15, 0.2) is 5.78 Å². The molecule has 0 bridgehead atoms. The van der Waals surface area contributed by atoms with Gasteiger partial charge in [0.25, 0.3) is 0 Å². The molecule has 2 amide bonds. The van der Waals surface area contributed by atoms with E-state index in [0.29, 0.717) is 16.9 Å². The van der Waals surface area contributed by atoms with Crippen molar-refractivity contribution in [2.75, 3.05) is 16.0 Å². The Morgan fingerprint density at radius 3 is 2.38 bits per heavy atom. The van der Waals surface area contributed by atoms with Gasteiger partial charge in [0.2, 0.25) is 11.8 Å². The van der Waals surface area contributed by atoms with Crippen molar-refractivity contribution >= 4 is 34.7 Å². The number of Topliss-reactive ketones (excluding diaryl/α,β-unsaturated/α-hetero) is 1. The lowest BCUT2D eigenvalue weighted by molar-refractivity contribution is -0.122. The van der Waals surface area contributed by atoms with Crippen molar-refractivity contribution in [3.63, 3.8) is 0 Å². The number of hydrogen-bond acceptors (Lipinski definition) is 4. The number of fused-ring (bicyclic) bond motifs is 1. The Labute approximate surface area is 139 Å². The normalized spacial score (nSPS) is 15.7. The monoisotopic (exact) mass is 323 g/mol. The van der Waals surface area contributed by atoms with Crippen LogP contribution in [0.5, 0.6) is 0 Å². The molecule has 2 aromatic carbocycles. The molecule has 1 unspecified atom stereocenters. The Morgan fingerprint density at radius 2 is 1.71 bits per heavy atom. The zero-order chi connectivity index (χ0) is 17.1. The molecule has 3 rings (SSSR count). The fraction of sp³-hybridized carbons (Fsp3) is 0.167. The third-order valence-electron chi connectivity index (χ3n) is 3.80. The van der Waals surface area contributed by atoms with E-state index in [0.717, 1.165) is 5.69 Å². The van der Waals surface area contributed by atoms with Gasteiger partial charge in [0, 0.05) is 11.3 Å². The first-order valence-electron chi connectivity index (χ1n) is 7.60. The molecule has 0 aromatic heterocycles. The fourth-order valence-corrected chi connectivity index (χ4v) is 2.52. The van der Waals surface area contributed by atoms with Crippen LogP contribution in [-0.2, 0) is 9.59 Å². The molecule has 0 aliphatic carbocycles. The van der Waals surface area contributed by atoms with Gasteiger partial charge in [-0.15, -0.1) is 0 Å². The van der Waals surface area contributed by atoms with Crippen LogP contribution in [0.1, 0.15) is 23.7 Å². The Morgan fingerprint density at radius 1 is 1.04 bits per heavy atom. The van der Waals surface area contributed by atoms with Crippen LogP contribution in [0.15, 0.2) is 48.5 Å².